The van der Waals surface area contributed by atoms with Gasteiger partial charge in [0.05, 0.1) is 0 Å². The molecule has 0 bridgehead atoms. The van der Waals surface area contributed by atoms with Crippen LogP contribution in [-0.4, -0.2) is 6.29 Å². The highest BCUT2D eigenvalue weighted by atomic mass is 16.1. The number of aldehydes is 1. The van der Waals surface area contributed by atoms with E-state index in [1.807, 2.05) is 0 Å². The Labute approximate surface area is 75.5 Å². The maximum atomic E-state index is 10.8. The lowest BCUT2D eigenvalue weighted by atomic mass is 9.67. The third-order valence-electron chi connectivity index (χ3n) is 3.11. The summed E-state index contributed by atoms with van der Waals surface area (Å²) in [5.74, 6) is 0.947. The SMILES string of the molecule is CC(C)(C)C1CCCCC1C=O. The standard InChI is InChI=1S/C11H20O/c1-11(2,3)10-7-5-4-6-9(10)8-12/h8-10H,4-7H2,1-3H3. The molecule has 0 aromatic heterocycles. The van der Waals surface area contributed by atoms with E-state index < -0.39 is 0 Å². The van der Waals surface area contributed by atoms with Crippen molar-refractivity contribution in [3.63, 3.8) is 0 Å². The fraction of sp³-hybridized carbons (Fsp3) is 0.909. The van der Waals surface area contributed by atoms with E-state index in [4.69, 9.17) is 0 Å². The third-order valence-corrected chi connectivity index (χ3v) is 3.11. The molecule has 1 saturated carbocycles. The van der Waals surface area contributed by atoms with Crippen LogP contribution in [-0.2, 0) is 4.79 Å². The summed E-state index contributed by atoms with van der Waals surface area (Å²) >= 11 is 0. The first kappa shape index (κ1) is 9.76. The zero-order valence-electron chi connectivity index (χ0n) is 8.47. The molecule has 1 rings (SSSR count). The Morgan fingerprint density at radius 1 is 1.17 bits per heavy atom. The molecule has 12 heavy (non-hydrogen) atoms. The molecule has 2 atom stereocenters. The lowest BCUT2D eigenvalue weighted by Crippen LogP contribution is -2.31. The van der Waals surface area contributed by atoms with Gasteiger partial charge >= 0.3 is 0 Å². The summed E-state index contributed by atoms with van der Waals surface area (Å²) in [6.45, 7) is 6.75. The van der Waals surface area contributed by atoms with Crippen LogP contribution in [0.3, 0.4) is 0 Å². The number of rotatable bonds is 1. The van der Waals surface area contributed by atoms with Gasteiger partial charge in [-0.3, -0.25) is 0 Å². The van der Waals surface area contributed by atoms with Gasteiger partial charge in [0.1, 0.15) is 6.29 Å². The molecule has 2 unspecified atom stereocenters. The molecule has 1 fully saturated rings. The lowest BCUT2D eigenvalue weighted by Gasteiger charge is -2.37. The van der Waals surface area contributed by atoms with E-state index >= 15 is 0 Å². The van der Waals surface area contributed by atoms with Gasteiger partial charge in [-0.2, -0.15) is 0 Å². The Morgan fingerprint density at radius 3 is 2.17 bits per heavy atom. The maximum absolute atomic E-state index is 10.8. The Bertz CT molecular complexity index is 155. The second kappa shape index (κ2) is 3.59. The molecular formula is C11H20O. The van der Waals surface area contributed by atoms with E-state index in [0.717, 1.165) is 6.42 Å². The van der Waals surface area contributed by atoms with Gasteiger partial charge in [-0.1, -0.05) is 33.6 Å². The van der Waals surface area contributed by atoms with Crippen molar-refractivity contribution >= 4 is 6.29 Å². The van der Waals surface area contributed by atoms with Crippen LogP contribution in [0.15, 0.2) is 0 Å². The Balaban J connectivity index is 2.65. The van der Waals surface area contributed by atoms with Crippen molar-refractivity contribution in [3.05, 3.63) is 0 Å². The molecule has 0 saturated heterocycles. The summed E-state index contributed by atoms with van der Waals surface area (Å²) in [4.78, 5) is 10.8. The number of hydrogen-bond donors (Lipinski definition) is 0. The summed E-state index contributed by atoms with van der Waals surface area (Å²) in [6.07, 6.45) is 6.09. The van der Waals surface area contributed by atoms with Crippen LogP contribution in [0.5, 0.6) is 0 Å². The summed E-state index contributed by atoms with van der Waals surface area (Å²) in [5.41, 5.74) is 0.312. The quantitative estimate of drug-likeness (QED) is 0.550. The summed E-state index contributed by atoms with van der Waals surface area (Å²) < 4.78 is 0. The molecule has 0 heterocycles. The molecule has 70 valence electrons. The highest BCUT2D eigenvalue weighted by molar-refractivity contribution is 5.54. The van der Waals surface area contributed by atoms with Crippen LogP contribution in [0.4, 0.5) is 0 Å². The molecule has 0 N–H and O–H groups in total. The van der Waals surface area contributed by atoms with Gasteiger partial charge in [-0.05, 0) is 24.2 Å². The maximum Gasteiger partial charge on any atom is 0.123 e. The lowest BCUT2D eigenvalue weighted by molar-refractivity contribution is -0.115. The summed E-state index contributed by atoms with van der Waals surface area (Å²) in [6, 6.07) is 0. The minimum atomic E-state index is 0.312. The van der Waals surface area contributed by atoms with Gasteiger partial charge in [-0.25, -0.2) is 0 Å². The summed E-state index contributed by atoms with van der Waals surface area (Å²) in [5, 5.41) is 0. The van der Waals surface area contributed by atoms with Gasteiger partial charge in [0.15, 0.2) is 0 Å². The van der Waals surface area contributed by atoms with Crippen molar-refractivity contribution in [1.29, 1.82) is 0 Å². The Kier molecular flexibility index (Phi) is 2.92. The third kappa shape index (κ3) is 2.09. The molecule has 0 aromatic rings. The zero-order chi connectivity index (χ0) is 9.19. The van der Waals surface area contributed by atoms with E-state index in [-0.39, 0.29) is 0 Å². The predicted molar refractivity (Wildman–Crippen MR) is 51.0 cm³/mol. The van der Waals surface area contributed by atoms with Gasteiger partial charge in [-0.15, -0.1) is 0 Å². The van der Waals surface area contributed by atoms with Crippen molar-refractivity contribution in [2.75, 3.05) is 0 Å². The smallest absolute Gasteiger partial charge is 0.123 e. The molecule has 0 spiro atoms. The molecule has 1 heteroatoms. The van der Waals surface area contributed by atoms with Crippen molar-refractivity contribution in [1.82, 2.24) is 0 Å². The van der Waals surface area contributed by atoms with Gasteiger partial charge in [0.25, 0.3) is 0 Å². The van der Waals surface area contributed by atoms with Crippen molar-refractivity contribution in [3.8, 4) is 0 Å². The first-order valence-corrected chi connectivity index (χ1v) is 5.01. The van der Waals surface area contributed by atoms with E-state index in [2.05, 4.69) is 20.8 Å². The van der Waals surface area contributed by atoms with E-state index in [1.54, 1.807) is 0 Å². The topological polar surface area (TPSA) is 17.1 Å². The zero-order valence-corrected chi connectivity index (χ0v) is 8.47. The number of carbonyl (C=O) groups is 1. The van der Waals surface area contributed by atoms with Crippen LogP contribution in [0, 0.1) is 17.3 Å². The normalized spacial score (nSPS) is 31.6. The molecule has 0 aromatic carbocycles. The van der Waals surface area contributed by atoms with Crippen LogP contribution in [0.2, 0.25) is 0 Å². The molecule has 1 aliphatic rings. The van der Waals surface area contributed by atoms with Crippen molar-refractivity contribution in [2.45, 2.75) is 46.5 Å². The minimum absolute atomic E-state index is 0.312. The molecule has 1 nitrogen and oxygen atoms in total. The molecule has 0 aliphatic heterocycles. The fourth-order valence-corrected chi connectivity index (χ4v) is 2.40. The molecule has 0 radical (unpaired) electrons. The van der Waals surface area contributed by atoms with Gasteiger partial charge in [0.2, 0.25) is 0 Å². The van der Waals surface area contributed by atoms with Crippen LogP contribution >= 0.6 is 0 Å². The van der Waals surface area contributed by atoms with Crippen LogP contribution in [0.1, 0.15) is 46.5 Å². The number of hydrogen-bond acceptors (Lipinski definition) is 1. The highest BCUT2D eigenvalue weighted by Gasteiger charge is 2.33. The van der Waals surface area contributed by atoms with Crippen LogP contribution < -0.4 is 0 Å². The fourth-order valence-electron chi connectivity index (χ4n) is 2.40. The molecular weight excluding hydrogens is 148 g/mol. The Morgan fingerprint density at radius 2 is 1.75 bits per heavy atom. The second-order valence-electron chi connectivity index (χ2n) is 5.06. The first-order valence-electron chi connectivity index (χ1n) is 5.01. The Hall–Kier alpha value is -0.330. The molecule has 1 aliphatic carbocycles. The van der Waals surface area contributed by atoms with Crippen molar-refractivity contribution in [2.24, 2.45) is 17.3 Å². The summed E-state index contributed by atoms with van der Waals surface area (Å²) in [7, 11) is 0. The average Bonchev–Trinajstić information content (AvgIpc) is 2.03. The number of carbonyl (C=O) groups excluding carboxylic acids is 1. The largest absolute Gasteiger partial charge is 0.303 e. The van der Waals surface area contributed by atoms with Gasteiger partial charge < -0.3 is 4.79 Å². The molecule has 0 amide bonds. The van der Waals surface area contributed by atoms with E-state index in [1.165, 1.54) is 25.5 Å². The highest BCUT2D eigenvalue weighted by Crippen LogP contribution is 2.40. The van der Waals surface area contributed by atoms with E-state index in [9.17, 15) is 4.79 Å². The average molecular weight is 168 g/mol. The monoisotopic (exact) mass is 168 g/mol. The minimum Gasteiger partial charge on any atom is -0.303 e. The van der Waals surface area contributed by atoms with Crippen molar-refractivity contribution < 1.29 is 4.79 Å². The van der Waals surface area contributed by atoms with E-state index in [0.29, 0.717) is 17.3 Å². The second-order valence-corrected chi connectivity index (χ2v) is 5.06. The van der Waals surface area contributed by atoms with Gasteiger partial charge in [0, 0.05) is 5.92 Å². The first-order chi connectivity index (χ1) is 5.55. The van der Waals surface area contributed by atoms with Crippen LogP contribution in [0.25, 0.3) is 0 Å². The predicted octanol–water partition coefficient (Wildman–Crippen LogP) is 3.04.